The SMILES string of the molecule is C=CCOC(=O)[C@@H](C)C[C@H](Cc1ccccc1)NC(=O)c1csc([C@@H](C[C@H](C(C)C)N(C)C(=O)OC(C)(C)C)OC(=O)CCCCC)n1. The van der Waals surface area contributed by atoms with Crippen molar-refractivity contribution in [1.82, 2.24) is 15.2 Å². The average molecular weight is 686 g/mol. The van der Waals surface area contributed by atoms with Crippen molar-refractivity contribution >= 4 is 35.3 Å². The molecule has 0 aliphatic heterocycles. The van der Waals surface area contributed by atoms with E-state index in [0.717, 1.165) is 18.4 Å². The van der Waals surface area contributed by atoms with Crippen LogP contribution in [0.4, 0.5) is 4.79 Å². The lowest BCUT2D eigenvalue weighted by Crippen LogP contribution is -2.44. The highest BCUT2D eigenvalue weighted by molar-refractivity contribution is 7.09. The normalized spacial score (nSPS) is 13.9. The van der Waals surface area contributed by atoms with Crippen LogP contribution in [0, 0.1) is 11.8 Å². The van der Waals surface area contributed by atoms with Crippen LogP contribution in [-0.2, 0) is 30.2 Å². The van der Waals surface area contributed by atoms with Gasteiger partial charge in [-0.15, -0.1) is 11.3 Å². The van der Waals surface area contributed by atoms with Gasteiger partial charge in [-0.2, -0.15) is 0 Å². The fourth-order valence-corrected chi connectivity index (χ4v) is 6.04. The molecule has 48 heavy (non-hydrogen) atoms. The van der Waals surface area contributed by atoms with Gasteiger partial charge in [-0.3, -0.25) is 14.4 Å². The van der Waals surface area contributed by atoms with E-state index in [1.54, 1.807) is 24.3 Å². The first kappa shape index (κ1) is 40.4. The van der Waals surface area contributed by atoms with Crippen molar-refractivity contribution in [3.63, 3.8) is 0 Å². The molecule has 266 valence electrons. The van der Waals surface area contributed by atoms with E-state index >= 15 is 0 Å². The molecule has 4 atom stereocenters. The highest BCUT2D eigenvalue weighted by atomic mass is 32.1. The number of thiazole rings is 1. The molecular formula is C37H55N3O7S. The summed E-state index contributed by atoms with van der Waals surface area (Å²) in [5.41, 5.74) is 0.526. The maximum absolute atomic E-state index is 13.6. The number of ether oxygens (including phenoxy) is 3. The number of nitrogens with zero attached hydrogens (tertiary/aromatic N) is 2. The molecule has 0 aliphatic carbocycles. The zero-order chi connectivity index (χ0) is 35.9. The van der Waals surface area contributed by atoms with E-state index in [-0.39, 0.29) is 55.1 Å². The quantitative estimate of drug-likeness (QED) is 0.0691. The summed E-state index contributed by atoms with van der Waals surface area (Å²) in [6.07, 6.45) is 4.28. The Morgan fingerprint density at radius 1 is 1.06 bits per heavy atom. The molecule has 2 amide bonds. The fourth-order valence-electron chi connectivity index (χ4n) is 5.20. The number of carbonyl (C=O) groups excluding carboxylic acids is 4. The van der Waals surface area contributed by atoms with Gasteiger partial charge in [-0.1, -0.05) is 83.5 Å². The van der Waals surface area contributed by atoms with E-state index < -0.39 is 29.6 Å². The summed E-state index contributed by atoms with van der Waals surface area (Å²) < 4.78 is 16.9. The second-order valence-electron chi connectivity index (χ2n) is 13.6. The van der Waals surface area contributed by atoms with Crippen molar-refractivity contribution in [2.24, 2.45) is 11.8 Å². The number of rotatable bonds is 19. The molecule has 0 saturated carbocycles. The minimum Gasteiger partial charge on any atom is -0.461 e. The van der Waals surface area contributed by atoms with Crippen molar-refractivity contribution < 1.29 is 33.4 Å². The number of nitrogens with one attached hydrogen (secondary N) is 1. The molecule has 2 rings (SSSR count). The first-order chi connectivity index (χ1) is 22.6. The molecular weight excluding hydrogens is 630 g/mol. The lowest BCUT2D eigenvalue weighted by atomic mass is 9.96. The van der Waals surface area contributed by atoms with E-state index in [9.17, 15) is 19.2 Å². The van der Waals surface area contributed by atoms with E-state index in [1.807, 2.05) is 65.0 Å². The van der Waals surface area contributed by atoms with Crippen molar-refractivity contribution in [3.05, 3.63) is 64.6 Å². The number of hydrogen-bond donors (Lipinski definition) is 1. The van der Waals surface area contributed by atoms with Crippen LogP contribution in [0.5, 0.6) is 0 Å². The van der Waals surface area contributed by atoms with Gasteiger partial charge in [-0.05, 0) is 51.5 Å². The van der Waals surface area contributed by atoms with E-state index in [4.69, 9.17) is 14.2 Å². The van der Waals surface area contributed by atoms with Gasteiger partial charge >= 0.3 is 18.0 Å². The topological polar surface area (TPSA) is 124 Å². The average Bonchev–Trinajstić information content (AvgIpc) is 3.51. The van der Waals surface area contributed by atoms with Gasteiger partial charge in [-0.25, -0.2) is 9.78 Å². The maximum Gasteiger partial charge on any atom is 0.410 e. The van der Waals surface area contributed by atoms with E-state index in [1.165, 1.54) is 17.4 Å². The molecule has 1 aromatic carbocycles. The summed E-state index contributed by atoms with van der Waals surface area (Å²) in [6.45, 7) is 17.0. The van der Waals surface area contributed by atoms with Crippen molar-refractivity contribution in [3.8, 4) is 0 Å². The molecule has 0 radical (unpaired) electrons. The second-order valence-corrected chi connectivity index (χ2v) is 14.5. The Labute approximate surface area is 290 Å². The third-order valence-electron chi connectivity index (χ3n) is 7.74. The van der Waals surface area contributed by atoms with Gasteiger partial charge in [0.2, 0.25) is 0 Å². The summed E-state index contributed by atoms with van der Waals surface area (Å²) in [7, 11) is 1.68. The largest absolute Gasteiger partial charge is 0.461 e. The van der Waals surface area contributed by atoms with Crippen LogP contribution in [0.25, 0.3) is 0 Å². The molecule has 0 aliphatic rings. The Morgan fingerprint density at radius 3 is 2.35 bits per heavy atom. The Kier molecular flexibility index (Phi) is 16.8. The van der Waals surface area contributed by atoms with Gasteiger partial charge < -0.3 is 24.4 Å². The molecule has 0 saturated heterocycles. The number of unbranched alkanes of at least 4 members (excludes halogenated alkanes) is 2. The van der Waals surface area contributed by atoms with Crippen molar-refractivity contribution in [2.45, 2.75) is 117 Å². The van der Waals surface area contributed by atoms with E-state index in [0.29, 0.717) is 24.3 Å². The van der Waals surface area contributed by atoms with Crippen LogP contribution < -0.4 is 5.32 Å². The lowest BCUT2D eigenvalue weighted by Gasteiger charge is -2.34. The van der Waals surface area contributed by atoms with Gasteiger partial charge in [0.1, 0.15) is 22.9 Å². The molecule has 2 aromatic rings. The zero-order valence-electron chi connectivity index (χ0n) is 30.0. The van der Waals surface area contributed by atoms with Crippen LogP contribution in [0.1, 0.15) is 114 Å². The predicted molar refractivity (Wildman–Crippen MR) is 189 cm³/mol. The second kappa shape index (κ2) is 19.9. The number of carbonyl (C=O) groups is 4. The molecule has 0 bridgehead atoms. The number of benzene rings is 1. The summed E-state index contributed by atoms with van der Waals surface area (Å²) in [4.78, 5) is 58.3. The minimum atomic E-state index is -0.775. The van der Waals surface area contributed by atoms with Crippen LogP contribution in [0.15, 0.2) is 48.4 Å². The first-order valence-corrected chi connectivity index (χ1v) is 17.8. The molecule has 0 spiro atoms. The van der Waals surface area contributed by atoms with Crippen molar-refractivity contribution in [2.75, 3.05) is 13.7 Å². The first-order valence-electron chi connectivity index (χ1n) is 16.9. The van der Waals surface area contributed by atoms with Crippen molar-refractivity contribution in [1.29, 1.82) is 0 Å². The highest BCUT2D eigenvalue weighted by Gasteiger charge is 2.33. The summed E-state index contributed by atoms with van der Waals surface area (Å²) >= 11 is 1.23. The molecule has 1 N–H and O–H groups in total. The number of amides is 2. The monoisotopic (exact) mass is 685 g/mol. The summed E-state index contributed by atoms with van der Waals surface area (Å²) in [5.74, 6) is -1.57. The molecule has 0 unspecified atom stereocenters. The Morgan fingerprint density at radius 2 is 1.75 bits per heavy atom. The van der Waals surface area contributed by atoms with Crippen LogP contribution in [0.2, 0.25) is 0 Å². The van der Waals surface area contributed by atoms with Gasteiger partial charge in [0.15, 0.2) is 6.10 Å². The number of hydrogen-bond acceptors (Lipinski definition) is 9. The zero-order valence-corrected chi connectivity index (χ0v) is 30.8. The lowest BCUT2D eigenvalue weighted by molar-refractivity contribution is -0.151. The smallest absolute Gasteiger partial charge is 0.410 e. The standard InChI is InChI=1S/C37H55N3O7S/c1-10-12-14-19-32(41)46-31(23-30(25(3)4)40(9)36(44)47-37(6,7)8)34-39-29(24-48-34)33(42)38-28(22-27-17-15-13-16-18-27)21-26(5)35(43)45-20-11-2/h11,13,15-18,24-26,28,30-31H,2,10,12,14,19-23H2,1,3-9H3,(H,38,42)/t26-,28+,30+,31+/m0/s1. The fraction of sp³-hybridized carbons (Fsp3) is 0.595. The number of aromatic nitrogens is 1. The van der Waals surface area contributed by atoms with E-state index in [2.05, 4.69) is 23.8 Å². The molecule has 1 aromatic heterocycles. The minimum absolute atomic E-state index is 0.00504. The maximum atomic E-state index is 13.6. The van der Waals surface area contributed by atoms with Gasteiger partial charge in [0.05, 0.1) is 5.92 Å². The van der Waals surface area contributed by atoms with Gasteiger partial charge in [0, 0.05) is 37.4 Å². The highest BCUT2D eigenvalue weighted by Crippen LogP contribution is 2.31. The predicted octanol–water partition coefficient (Wildman–Crippen LogP) is 7.69. The molecule has 11 heteroatoms. The third-order valence-corrected chi connectivity index (χ3v) is 8.67. The van der Waals surface area contributed by atoms with Crippen LogP contribution in [0.3, 0.4) is 0 Å². The summed E-state index contributed by atoms with van der Waals surface area (Å²) in [5, 5.41) is 5.18. The molecule has 0 fully saturated rings. The van der Waals surface area contributed by atoms with Crippen LogP contribution in [-0.4, -0.2) is 65.2 Å². The van der Waals surface area contributed by atoms with Gasteiger partial charge in [0.25, 0.3) is 5.91 Å². The third kappa shape index (κ3) is 14.2. The Balaban J connectivity index is 2.33. The Hall–Kier alpha value is -3.73. The molecule has 10 nitrogen and oxygen atoms in total. The van der Waals surface area contributed by atoms with Crippen LogP contribution >= 0.6 is 11.3 Å². The molecule has 1 heterocycles. The summed E-state index contributed by atoms with van der Waals surface area (Å²) in [6, 6.07) is 9.00. The Bertz CT molecular complexity index is 1320. The number of esters is 2.